The third kappa shape index (κ3) is 5.90. The van der Waals surface area contributed by atoms with Gasteiger partial charge in [-0.15, -0.1) is 0 Å². The number of benzene rings is 1. The second kappa shape index (κ2) is 9.76. The highest BCUT2D eigenvalue weighted by Gasteiger charge is 1.98. The van der Waals surface area contributed by atoms with Crippen LogP contribution >= 0.6 is 0 Å². The van der Waals surface area contributed by atoms with Crippen LogP contribution in [0, 0.1) is 0 Å². The van der Waals surface area contributed by atoms with Crippen molar-refractivity contribution < 1.29 is 4.74 Å². The Bertz CT molecular complexity index is 330. The van der Waals surface area contributed by atoms with E-state index in [1.165, 1.54) is 38.5 Å². The second-order valence-corrected chi connectivity index (χ2v) is 4.71. The van der Waals surface area contributed by atoms with Gasteiger partial charge in [-0.2, -0.15) is 0 Å². The Morgan fingerprint density at radius 3 is 2.39 bits per heavy atom. The minimum Gasteiger partial charge on any atom is -0.493 e. The van der Waals surface area contributed by atoms with Gasteiger partial charge in [0.2, 0.25) is 0 Å². The van der Waals surface area contributed by atoms with Crippen LogP contribution in [0.2, 0.25) is 0 Å². The first-order chi connectivity index (χ1) is 8.88. The summed E-state index contributed by atoms with van der Waals surface area (Å²) in [5.41, 5.74) is 1.08. The van der Waals surface area contributed by atoms with Crippen LogP contribution in [0.3, 0.4) is 0 Å². The predicted molar refractivity (Wildman–Crippen MR) is 80.0 cm³/mol. The molecule has 0 amide bonds. The van der Waals surface area contributed by atoms with Crippen molar-refractivity contribution in [1.82, 2.24) is 0 Å². The Kier molecular flexibility index (Phi) is 8.03. The molecule has 0 aromatic heterocycles. The van der Waals surface area contributed by atoms with Crippen LogP contribution in [0.1, 0.15) is 57.4 Å². The van der Waals surface area contributed by atoms with E-state index in [9.17, 15) is 0 Å². The molecule has 0 saturated carbocycles. The Hall–Kier alpha value is -1.24. The van der Waals surface area contributed by atoms with Crippen molar-refractivity contribution in [3.8, 4) is 5.75 Å². The van der Waals surface area contributed by atoms with Gasteiger partial charge in [-0.25, -0.2) is 0 Å². The van der Waals surface area contributed by atoms with Crippen LogP contribution in [0.15, 0.2) is 30.8 Å². The molecule has 0 saturated heterocycles. The van der Waals surface area contributed by atoms with Crippen molar-refractivity contribution in [2.45, 2.75) is 51.9 Å². The lowest BCUT2D eigenvalue weighted by atomic mass is 10.1. The number of hydrogen-bond donors (Lipinski definition) is 0. The lowest BCUT2D eigenvalue weighted by molar-refractivity contribution is 0.303. The molecule has 0 aliphatic carbocycles. The third-order valence-electron chi connectivity index (χ3n) is 3.14. The van der Waals surface area contributed by atoms with Gasteiger partial charge in [0.1, 0.15) is 5.75 Å². The molecule has 0 aliphatic heterocycles. The second-order valence-electron chi connectivity index (χ2n) is 4.71. The SMILES string of the molecule is C=Cc1ccccc1OCCCCCCCCC. The average Bonchev–Trinajstić information content (AvgIpc) is 2.42. The van der Waals surface area contributed by atoms with Crippen molar-refractivity contribution in [2.24, 2.45) is 0 Å². The van der Waals surface area contributed by atoms with E-state index in [0.29, 0.717) is 0 Å². The van der Waals surface area contributed by atoms with Crippen molar-refractivity contribution in [3.05, 3.63) is 36.4 Å². The van der Waals surface area contributed by atoms with E-state index in [2.05, 4.69) is 13.5 Å². The maximum atomic E-state index is 5.78. The first kappa shape index (κ1) is 14.8. The topological polar surface area (TPSA) is 9.23 Å². The molecule has 0 N–H and O–H groups in total. The molecule has 0 radical (unpaired) electrons. The molecule has 0 aliphatic rings. The summed E-state index contributed by atoms with van der Waals surface area (Å²) in [5.74, 6) is 0.957. The highest BCUT2D eigenvalue weighted by Crippen LogP contribution is 2.19. The Labute approximate surface area is 112 Å². The molecule has 0 fully saturated rings. The van der Waals surface area contributed by atoms with Crippen LogP contribution in [0.4, 0.5) is 0 Å². The Morgan fingerprint density at radius 1 is 1.00 bits per heavy atom. The largest absolute Gasteiger partial charge is 0.493 e. The van der Waals surface area contributed by atoms with Crippen LogP contribution in [0.5, 0.6) is 5.75 Å². The molecule has 0 spiro atoms. The summed E-state index contributed by atoms with van der Waals surface area (Å²) in [6.07, 6.45) is 11.1. The van der Waals surface area contributed by atoms with Crippen LogP contribution in [0.25, 0.3) is 6.08 Å². The van der Waals surface area contributed by atoms with Gasteiger partial charge >= 0.3 is 0 Å². The van der Waals surface area contributed by atoms with E-state index in [-0.39, 0.29) is 0 Å². The highest BCUT2D eigenvalue weighted by atomic mass is 16.5. The Balaban J connectivity index is 2.09. The van der Waals surface area contributed by atoms with Crippen LogP contribution < -0.4 is 4.74 Å². The fourth-order valence-electron chi connectivity index (χ4n) is 2.02. The van der Waals surface area contributed by atoms with Crippen molar-refractivity contribution in [3.63, 3.8) is 0 Å². The lowest BCUT2D eigenvalue weighted by Gasteiger charge is -2.08. The summed E-state index contributed by atoms with van der Waals surface area (Å²) in [4.78, 5) is 0. The zero-order chi connectivity index (χ0) is 13.1. The zero-order valence-electron chi connectivity index (χ0n) is 11.7. The minimum absolute atomic E-state index is 0.818. The van der Waals surface area contributed by atoms with Gasteiger partial charge in [-0.1, -0.05) is 76.3 Å². The van der Waals surface area contributed by atoms with Gasteiger partial charge in [0, 0.05) is 5.56 Å². The zero-order valence-corrected chi connectivity index (χ0v) is 11.7. The lowest BCUT2D eigenvalue weighted by Crippen LogP contribution is -1.98. The highest BCUT2D eigenvalue weighted by molar-refractivity contribution is 5.55. The fourth-order valence-corrected chi connectivity index (χ4v) is 2.02. The predicted octanol–water partition coefficient (Wildman–Crippen LogP) is 5.46. The average molecular weight is 246 g/mol. The van der Waals surface area contributed by atoms with Crippen LogP contribution in [-0.2, 0) is 0 Å². The maximum Gasteiger partial charge on any atom is 0.126 e. The van der Waals surface area contributed by atoms with Gasteiger partial charge in [-0.3, -0.25) is 0 Å². The van der Waals surface area contributed by atoms with Gasteiger partial charge in [0.25, 0.3) is 0 Å². The van der Waals surface area contributed by atoms with E-state index in [1.807, 2.05) is 30.3 Å². The minimum atomic E-state index is 0.818. The van der Waals surface area contributed by atoms with Gasteiger partial charge in [-0.05, 0) is 12.5 Å². The summed E-state index contributed by atoms with van der Waals surface area (Å²) < 4.78 is 5.78. The fraction of sp³-hybridized carbons (Fsp3) is 0.529. The van der Waals surface area contributed by atoms with Crippen LogP contribution in [-0.4, -0.2) is 6.61 Å². The monoisotopic (exact) mass is 246 g/mol. The van der Waals surface area contributed by atoms with Gasteiger partial charge < -0.3 is 4.74 Å². The molecule has 1 aromatic rings. The summed E-state index contributed by atoms with van der Waals surface area (Å²) in [7, 11) is 0. The summed E-state index contributed by atoms with van der Waals surface area (Å²) in [6, 6.07) is 8.07. The molecule has 1 aromatic carbocycles. The van der Waals surface area contributed by atoms with E-state index < -0.39 is 0 Å². The molecule has 0 atom stereocenters. The van der Waals surface area contributed by atoms with E-state index in [0.717, 1.165) is 24.3 Å². The van der Waals surface area contributed by atoms with Crippen molar-refractivity contribution >= 4 is 6.08 Å². The van der Waals surface area contributed by atoms with Gasteiger partial charge in [0.05, 0.1) is 6.61 Å². The smallest absolute Gasteiger partial charge is 0.126 e. The number of para-hydroxylation sites is 1. The molecular formula is C17H26O. The normalized spacial score (nSPS) is 10.3. The summed E-state index contributed by atoms with van der Waals surface area (Å²) in [6.45, 7) is 6.87. The van der Waals surface area contributed by atoms with Gasteiger partial charge in [0.15, 0.2) is 0 Å². The molecule has 0 bridgehead atoms. The first-order valence-electron chi connectivity index (χ1n) is 7.22. The summed E-state index contributed by atoms with van der Waals surface area (Å²) in [5, 5.41) is 0. The number of unbranched alkanes of at least 4 members (excludes halogenated alkanes) is 6. The summed E-state index contributed by atoms with van der Waals surface area (Å²) >= 11 is 0. The van der Waals surface area contributed by atoms with E-state index in [4.69, 9.17) is 4.74 Å². The molecule has 1 heteroatoms. The molecule has 0 heterocycles. The third-order valence-corrected chi connectivity index (χ3v) is 3.14. The van der Waals surface area contributed by atoms with Crippen molar-refractivity contribution in [2.75, 3.05) is 6.61 Å². The molecular weight excluding hydrogens is 220 g/mol. The molecule has 100 valence electrons. The van der Waals surface area contributed by atoms with E-state index >= 15 is 0 Å². The van der Waals surface area contributed by atoms with Crippen molar-refractivity contribution in [1.29, 1.82) is 0 Å². The standard InChI is InChI=1S/C17H26O/c1-3-5-6-7-8-9-12-15-18-17-14-11-10-13-16(17)4-2/h4,10-11,13-14H,2-3,5-9,12,15H2,1H3. The number of hydrogen-bond acceptors (Lipinski definition) is 1. The molecule has 1 rings (SSSR count). The molecule has 18 heavy (non-hydrogen) atoms. The van der Waals surface area contributed by atoms with E-state index in [1.54, 1.807) is 0 Å². The molecule has 0 unspecified atom stereocenters. The Morgan fingerprint density at radius 2 is 1.67 bits per heavy atom. The quantitative estimate of drug-likeness (QED) is 0.498. The first-order valence-corrected chi connectivity index (χ1v) is 7.22. The maximum absolute atomic E-state index is 5.78. The molecule has 1 nitrogen and oxygen atoms in total. The number of rotatable bonds is 10. The number of ether oxygens (including phenoxy) is 1.